The topological polar surface area (TPSA) is 66.8 Å². The Morgan fingerprint density at radius 1 is 1.30 bits per heavy atom. The van der Waals surface area contributed by atoms with Crippen LogP contribution in [0.4, 0.5) is 0 Å². The van der Waals surface area contributed by atoms with Gasteiger partial charge in [0, 0.05) is 19.7 Å². The van der Waals surface area contributed by atoms with E-state index >= 15 is 0 Å². The summed E-state index contributed by atoms with van der Waals surface area (Å²) >= 11 is 0. The Hall–Kier alpha value is -0.950. The van der Waals surface area contributed by atoms with Gasteiger partial charge in [0.15, 0.2) is 0 Å². The number of sulfonamides is 1. The van der Waals surface area contributed by atoms with Crippen molar-refractivity contribution in [1.29, 1.82) is 0 Å². The fourth-order valence-corrected chi connectivity index (χ4v) is 3.77. The van der Waals surface area contributed by atoms with Crippen molar-refractivity contribution in [2.75, 3.05) is 20.3 Å². The summed E-state index contributed by atoms with van der Waals surface area (Å²) < 4.78 is 31.3. The SMILES string of the molecule is COCCN(C(C)C)S(=O)(=O)Cc1cccc(CO)c1. The van der Waals surface area contributed by atoms with Crippen LogP contribution in [-0.4, -0.2) is 44.1 Å². The molecule has 0 aliphatic carbocycles. The Morgan fingerprint density at radius 2 is 1.95 bits per heavy atom. The summed E-state index contributed by atoms with van der Waals surface area (Å²) in [5.41, 5.74) is 1.39. The normalized spacial score (nSPS) is 12.3. The minimum absolute atomic E-state index is 0.0667. The van der Waals surface area contributed by atoms with E-state index in [0.717, 1.165) is 0 Å². The molecule has 0 spiro atoms. The third-order valence-corrected chi connectivity index (χ3v) is 4.99. The summed E-state index contributed by atoms with van der Waals surface area (Å²) in [4.78, 5) is 0. The molecule has 20 heavy (non-hydrogen) atoms. The standard InChI is InChI=1S/C14H23NO4S/c1-12(2)15(7-8-19-3)20(17,18)11-14-6-4-5-13(9-14)10-16/h4-6,9,12,16H,7-8,10-11H2,1-3H3. The summed E-state index contributed by atoms with van der Waals surface area (Å²) in [5, 5.41) is 9.10. The van der Waals surface area contributed by atoms with Gasteiger partial charge < -0.3 is 9.84 Å². The summed E-state index contributed by atoms with van der Waals surface area (Å²) in [5.74, 6) is -0.0667. The van der Waals surface area contributed by atoms with Crippen molar-refractivity contribution >= 4 is 10.0 Å². The van der Waals surface area contributed by atoms with Gasteiger partial charge in [-0.1, -0.05) is 24.3 Å². The summed E-state index contributed by atoms with van der Waals surface area (Å²) in [6.07, 6.45) is 0. The molecule has 0 amide bonds. The molecule has 1 aromatic carbocycles. The van der Waals surface area contributed by atoms with Crippen LogP contribution in [0.5, 0.6) is 0 Å². The third-order valence-electron chi connectivity index (χ3n) is 2.97. The zero-order chi connectivity index (χ0) is 15.2. The minimum Gasteiger partial charge on any atom is -0.392 e. The van der Waals surface area contributed by atoms with Crippen molar-refractivity contribution < 1.29 is 18.3 Å². The molecule has 5 nitrogen and oxygen atoms in total. The smallest absolute Gasteiger partial charge is 0.218 e. The van der Waals surface area contributed by atoms with E-state index in [2.05, 4.69) is 0 Å². The van der Waals surface area contributed by atoms with Crippen LogP contribution in [0.1, 0.15) is 25.0 Å². The van der Waals surface area contributed by atoms with Gasteiger partial charge in [-0.3, -0.25) is 0 Å². The number of hydrogen-bond acceptors (Lipinski definition) is 4. The number of hydrogen-bond donors (Lipinski definition) is 1. The maximum Gasteiger partial charge on any atom is 0.218 e. The molecule has 0 aliphatic heterocycles. The molecule has 0 aliphatic rings. The van der Waals surface area contributed by atoms with Crippen LogP contribution in [0.2, 0.25) is 0 Å². The largest absolute Gasteiger partial charge is 0.392 e. The highest BCUT2D eigenvalue weighted by Crippen LogP contribution is 2.15. The second-order valence-corrected chi connectivity index (χ2v) is 6.85. The van der Waals surface area contributed by atoms with Crippen LogP contribution in [0, 0.1) is 0 Å². The summed E-state index contributed by atoms with van der Waals surface area (Å²) in [6.45, 7) is 4.31. The van der Waals surface area contributed by atoms with Crippen LogP contribution in [0.3, 0.4) is 0 Å². The molecule has 0 atom stereocenters. The van der Waals surface area contributed by atoms with E-state index in [4.69, 9.17) is 9.84 Å². The van der Waals surface area contributed by atoms with Crippen molar-refractivity contribution in [3.8, 4) is 0 Å². The zero-order valence-electron chi connectivity index (χ0n) is 12.2. The van der Waals surface area contributed by atoms with Crippen LogP contribution in [-0.2, 0) is 27.1 Å². The molecule has 0 bridgehead atoms. The monoisotopic (exact) mass is 301 g/mol. The molecule has 1 rings (SSSR count). The number of methoxy groups -OCH3 is 1. The Labute approximate surface area is 121 Å². The predicted octanol–water partition coefficient (Wildman–Crippen LogP) is 1.37. The first-order valence-corrected chi connectivity index (χ1v) is 8.18. The maximum absolute atomic E-state index is 12.5. The van der Waals surface area contributed by atoms with E-state index in [1.165, 1.54) is 4.31 Å². The quantitative estimate of drug-likeness (QED) is 0.787. The molecule has 0 saturated heterocycles. The zero-order valence-corrected chi connectivity index (χ0v) is 13.1. The number of benzene rings is 1. The van der Waals surface area contributed by atoms with E-state index in [-0.39, 0.29) is 18.4 Å². The molecule has 1 N–H and O–H groups in total. The van der Waals surface area contributed by atoms with Crippen LogP contribution >= 0.6 is 0 Å². The van der Waals surface area contributed by atoms with Crippen molar-refractivity contribution in [3.63, 3.8) is 0 Å². The average Bonchev–Trinajstić information content (AvgIpc) is 2.38. The number of aliphatic hydroxyl groups excluding tert-OH is 1. The minimum atomic E-state index is -3.40. The first kappa shape index (κ1) is 17.1. The van der Waals surface area contributed by atoms with Gasteiger partial charge in [0.25, 0.3) is 0 Å². The Bertz CT molecular complexity index is 514. The average molecular weight is 301 g/mol. The molecular formula is C14H23NO4S. The van der Waals surface area contributed by atoms with Gasteiger partial charge in [-0.25, -0.2) is 8.42 Å². The van der Waals surface area contributed by atoms with Crippen LogP contribution < -0.4 is 0 Å². The van der Waals surface area contributed by atoms with E-state index < -0.39 is 10.0 Å². The molecule has 1 aromatic rings. The summed E-state index contributed by atoms with van der Waals surface area (Å²) in [7, 11) is -1.85. The van der Waals surface area contributed by atoms with Gasteiger partial charge in [-0.2, -0.15) is 4.31 Å². The Kier molecular flexibility index (Phi) is 6.61. The lowest BCUT2D eigenvalue weighted by atomic mass is 10.1. The van der Waals surface area contributed by atoms with Gasteiger partial charge in [-0.05, 0) is 25.0 Å². The molecular weight excluding hydrogens is 278 g/mol. The van der Waals surface area contributed by atoms with Crippen molar-refractivity contribution in [3.05, 3.63) is 35.4 Å². The van der Waals surface area contributed by atoms with E-state index in [1.807, 2.05) is 13.8 Å². The van der Waals surface area contributed by atoms with Gasteiger partial charge in [-0.15, -0.1) is 0 Å². The highest BCUT2D eigenvalue weighted by Gasteiger charge is 2.24. The molecule has 0 heterocycles. The number of aliphatic hydroxyl groups is 1. The Balaban J connectivity index is 2.90. The highest BCUT2D eigenvalue weighted by molar-refractivity contribution is 7.88. The van der Waals surface area contributed by atoms with Gasteiger partial charge >= 0.3 is 0 Å². The second kappa shape index (κ2) is 7.73. The van der Waals surface area contributed by atoms with E-state index in [0.29, 0.717) is 24.3 Å². The van der Waals surface area contributed by atoms with Gasteiger partial charge in [0.05, 0.1) is 19.0 Å². The fraction of sp³-hybridized carbons (Fsp3) is 0.571. The lowest BCUT2D eigenvalue weighted by molar-refractivity contribution is 0.171. The lowest BCUT2D eigenvalue weighted by Crippen LogP contribution is -2.39. The molecule has 0 unspecified atom stereocenters. The molecule has 0 radical (unpaired) electrons. The second-order valence-electron chi connectivity index (χ2n) is 4.93. The number of rotatable bonds is 8. The number of nitrogens with zero attached hydrogens (tertiary/aromatic N) is 1. The predicted molar refractivity (Wildman–Crippen MR) is 78.7 cm³/mol. The number of ether oxygens (including phenoxy) is 1. The van der Waals surface area contributed by atoms with Crippen molar-refractivity contribution in [2.45, 2.75) is 32.2 Å². The Morgan fingerprint density at radius 3 is 2.50 bits per heavy atom. The van der Waals surface area contributed by atoms with Gasteiger partial charge in [0.1, 0.15) is 0 Å². The molecule has 6 heteroatoms. The van der Waals surface area contributed by atoms with E-state index in [9.17, 15) is 8.42 Å². The molecule has 0 fully saturated rings. The summed E-state index contributed by atoms with van der Waals surface area (Å²) in [6, 6.07) is 6.88. The van der Waals surface area contributed by atoms with Crippen molar-refractivity contribution in [1.82, 2.24) is 4.31 Å². The molecule has 0 aromatic heterocycles. The molecule has 114 valence electrons. The fourth-order valence-electron chi connectivity index (χ4n) is 2.01. The highest BCUT2D eigenvalue weighted by atomic mass is 32.2. The van der Waals surface area contributed by atoms with Crippen molar-refractivity contribution in [2.24, 2.45) is 0 Å². The first-order valence-electron chi connectivity index (χ1n) is 6.58. The third kappa shape index (κ3) is 4.86. The van der Waals surface area contributed by atoms with E-state index in [1.54, 1.807) is 31.4 Å². The maximum atomic E-state index is 12.5. The first-order chi connectivity index (χ1) is 9.40. The lowest BCUT2D eigenvalue weighted by Gasteiger charge is -2.25. The molecule has 0 saturated carbocycles. The van der Waals surface area contributed by atoms with Crippen LogP contribution in [0.15, 0.2) is 24.3 Å². The van der Waals surface area contributed by atoms with Gasteiger partial charge in [0.2, 0.25) is 10.0 Å². The van der Waals surface area contributed by atoms with Crippen LogP contribution in [0.25, 0.3) is 0 Å².